The molecule has 19 heavy (non-hydrogen) atoms. The van der Waals surface area contributed by atoms with Crippen LogP contribution in [-0.4, -0.2) is 27.0 Å². The van der Waals surface area contributed by atoms with Gasteiger partial charge in [0, 0.05) is 17.8 Å². The normalized spacial score (nSPS) is 12.0. The summed E-state index contributed by atoms with van der Waals surface area (Å²) in [5, 5.41) is 7.73. The van der Waals surface area contributed by atoms with Gasteiger partial charge in [-0.3, -0.25) is 0 Å². The highest BCUT2D eigenvalue weighted by Gasteiger charge is 2.25. The Morgan fingerprint density at radius 2 is 2.05 bits per heavy atom. The summed E-state index contributed by atoms with van der Waals surface area (Å²) in [5.41, 5.74) is 2.18. The Morgan fingerprint density at radius 3 is 2.68 bits per heavy atom. The molecule has 2 aromatic rings. The van der Waals surface area contributed by atoms with Gasteiger partial charge in [0.2, 0.25) is 0 Å². The lowest BCUT2D eigenvalue weighted by molar-refractivity contribution is 0.326. The summed E-state index contributed by atoms with van der Waals surface area (Å²) in [7, 11) is 0. The first-order chi connectivity index (χ1) is 9.14. The summed E-state index contributed by atoms with van der Waals surface area (Å²) in [5.74, 6) is 1.64. The van der Waals surface area contributed by atoms with Crippen molar-refractivity contribution in [2.24, 2.45) is 5.41 Å². The van der Waals surface area contributed by atoms with Crippen molar-refractivity contribution in [2.45, 2.75) is 33.6 Å². The van der Waals surface area contributed by atoms with Gasteiger partial charge in [-0.15, -0.1) is 11.6 Å². The minimum absolute atomic E-state index is 0.137. The van der Waals surface area contributed by atoms with E-state index in [9.17, 15) is 0 Å². The average Bonchev–Trinajstić information content (AvgIpc) is 2.88. The van der Waals surface area contributed by atoms with E-state index in [1.165, 1.54) is 5.56 Å². The van der Waals surface area contributed by atoms with Crippen molar-refractivity contribution in [1.82, 2.24) is 14.6 Å². The van der Waals surface area contributed by atoms with Crippen molar-refractivity contribution in [3.8, 4) is 0 Å². The second kappa shape index (κ2) is 5.78. The van der Waals surface area contributed by atoms with Crippen LogP contribution in [0.4, 0.5) is 5.82 Å². The highest BCUT2D eigenvalue weighted by Crippen LogP contribution is 2.28. The minimum atomic E-state index is 0.137. The number of hydrogen-bond donors (Lipinski definition) is 1. The first kappa shape index (κ1) is 14.1. The van der Waals surface area contributed by atoms with Gasteiger partial charge >= 0.3 is 0 Å². The Bertz CT molecular complexity index is 537. The van der Waals surface area contributed by atoms with Gasteiger partial charge < -0.3 is 5.32 Å². The second-order valence-corrected chi connectivity index (χ2v) is 5.41. The zero-order chi connectivity index (χ0) is 13.9. The van der Waals surface area contributed by atoms with E-state index in [2.05, 4.69) is 42.2 Å². The third-order valence-electron chi connectivity index (χ3n) is 3.95. The topological polar surface area (TPSA) is 42.2 Å². The SMILES string of the molecule is CCC(CC)(CCl)CNc1cc(C)cc2ncnn12. The summed E-state index contributed by atoms with van der Waals surface area (Å²) < 4.78 is 1.83. The van der Waals surface area contributed by atoms with Crippen LogP contribution >= 0.6 is 11.6 Å². The number of nitrogens with zero attached hydrogens (tertiary/aromatic N) is 3. The fraction of sp³-hybridized carbons (Fsp3) is 0.571. The van der Waals surface area contributed by atoms with Crippen molar-refractivity contribution >= 4 is 23.1 Å². The van der Waals surface area contributed by atoms with Gasteiger partial charge in [0.25, 0.3) is 0 Å². The molecule has 0 fully saturated rings. The first-order valence-corrected chi connectivity index (χ1v) is 7.28. The van der Waals surface area contributed by atoms with Gasteiger partial charge in [-0.1, -0.05) is 13.8 Å². The van der Waals surface area contributed by atoms with Gasteiger partial charge in [0.05, 0.1) is 0 Å². The van der Waals surface area contributed by atoms with E-state index in [-0.39, 0.29) is 5.41 Å². The second-order valence-electron chi connectivity index (χ2n) is 5.14. The van der Waals surface area contributed by atoms with Crippen LogP contribution < -0.4 is 5.32 Å². The van der Waals surface area contributed by atoms with Crippen molar-refractivity contribution in [3.05, 3.63) is 24.0 Å². The standard InChI is InChI=1S/C14H21ClN4/c1-4-14(5-2,8-15)9-16-12-6-11(3)7-13-17-10-18-19(12)13/h6-7,10,16H,4-5,8-9H2,1-3H3. The summed E-state index contributed by atoms with van der Waals surface area (Å²) in [6, 6.07) is 4.11. The van der Waals surface area contributed by atoms with E-state index in [1.54, 1.807) is 6.33 Å². The summed E-state index contributed by atoms with van der Waals surface area (Å²) >= 11 is 6.14. The molecule has 0 unspecified atom stereocenters. The highest BCUT2D eigenvalue weighted by molar-refractivity contribution is 6.18. The number of aryl methyl sites for hydroxylation is 1. The number of nitrogens with one attached hydrogen (secondary N) is 1. The van der Waals surface area contributed by atoms with Gasteiger partial charge in [0.1, 0.15) is 12.1 Å². The lowest BCUT2D eigenvalue weighted by atomic mass is 9.84. The largest absolute Gasteiger partial charge is 0.369 e. The molecule has 0 aliphatic heterocycles. The van der Waals surface area contributed by atoms with E-state index in [4.69, 9.17) is 11.6 Å². The molecule has 0 saturated heterocycles. The molecule has 2 rings (SSSR count). The molecule has 2 aromatic heterocycles. The lowest BCUT2D eigenvalue weighted by Crippen LogP contribution is -2.31. The number of halogens is 1. The number of alkyl halides is 1. The van der Waals surface area contributed by atoms with Crippen molar-refractivity contribution in [1.29, 1.82) is 0 Å². The Labute approximate surface area is 119 Å². The van der Waals surface area contributed by atoms with Gasteiger partial charge in [0.15, 0.2) is 5.65 Å². The smallest absolute Gasteiger partial charge is 0.157 e. The van der Waals surface area contributed by atoms with Crippen LogP contribution in [0.25, 0.3) is 5.65 Å². The van der Waals surface area contributed by atoms with E-state index in [0.717, 1.165) is 30.9 Å². The molecule has 0 aromatic carbocycles. The van der Waals surface area contributed by atoms with E-state index < -0.39 is 0 Å². The Balaban J connectivity index is 2.24. The third-order valence-corrected chi connectivity index (χ3v) is 4.52. The molecule has 0 spiro atoms. The van der Waals surface area contributed by atoms with Crippen LogP contribution in [0.15, 0.2) is 18.5 Å². The zero-order valence-corrected chi connectivity index (χ0v) is 12.5. The van der Waals surface area contributed by atoms with Crippen LogP contribution in [0.3, 0.4) is 0 Å². The molecular formula is C14H21ClN4. The molecule has 4 nitrogen and oxygen atoms in total. The summed E-state index contributed by atoms with van der Waals surface area (Å²) in [6.45, 7) is 7.29. The maximum absolute atomic E-state index is 6.14. The monoisotopic (exact) mass is 280 g/mol. The molecule has 0 bridgehead atoms. The Morgan fingerprint density at radius 1 is 1.32 bits per heavy atom. The molecule has 0 aliphatic rings. The number of aromatic nitrogens is 3. The van der Waals surface area contributed by atoms with Crippen LogP contribution in [0, 0.1) is 12.3 Å². The molecule has 104 valence electrons. The van der Waals surface area contributed by atoms with Crippen LogP contribution in [0.2, 0.25) is 0 Å². The fourth-order valence-electron chi connectivity index (χ4n) is 2.20. The van der Waals surface area contributed by atoms with Crippen LogP contribution in [-0.2, 0) is 0 Å². The predicted octanol–water partition coefficient (Wildman–Crippen LogP) is 3.49. The van der Waals surface area contributed by atoms with Gasteiger partial charge in [-0.05, 0) is 37.5 Å². The van der Waals surface area contributed by atoms with E-state index in [1.807, 2.05) is 10.6 Å². The summed E-state index contributed by atoms with van der Waals surface area (Å²) in [6.07, 6.45) is 3.70. The number of rotatable bonds is 6. The highest BCUT2D eigenvalue weighted by atomic mass is 35.5. The van der Waals surface area contributed by atoms with Crippen molar-refractivity contribution in [3.63, 3.8) is 0 Å². The molecule has 0 radical (unpaired) electrons. The third kappa shape index (κ3) is 2.84. The quantitative estimate of drug-likeness (QED) is 0.824. The Hall–Kier alpha value is -1.29. The molecule has 2 heterocycles. The number of anilines is 1. The molecule has 1 N–H and O–H groups in total. The maximum atomic E-state index is 6.14. The van der Waals surface area contributed by atoms with E-state index >= 15 is 0 Å². The van der Waals surface area contributed by atoms with Crippen LogP contribution in [0.5, 0.6) is 0 Å². The molecule has 0 aliphatic carbocycles. The first-order valence-electron chi connectivity index (χ1n) is 6.74. The minimum Gasteiger partial charge on any atom is -0.369 e. The molecule has 0 amide bonds. The lowest BCUT2D eigenvalue weighted by Gasteiger charge is -2.30. The molecule has 0 saturated carbocycles. The average molecular weight is 281 g/mol. The zero-order valence-electron chi connectivity index (χ0n) is 11.8. The molecule has 5 heteroatoms. The number of pyridine rings is 1. The van der Waals surface area contributed by atoms with Gasteiger partial charge in [-0.25, -0.2) is 4.98 Å². The molecule has 0 atom stereocenters. The molecular weight excluding hydrogens is 260 g/mol. The summed E-state index contributed by atoms with van der Waals surface area (Å²) in [4.78, 5) is 4.23. The van der Waals surface area contributed by atoms with Crippen molar-refractivity contribution < 1.29 is 0 Å². The maximum Gasteiger partial charge on any atom is 0.157 e. The number of fused-ring (bicyclic) bond motifs is 1. The number of hydrogen-bond acceptors (Lipinski definition) is 3. The van der Waals surface area contributed by atoms with Crippen molar-refractivity contribution in [2.75, 3.05) is 17.7 Å². The van der Waals surface area contributed by atoms with Gasteiger partial charge in [-0.2, -0.15) is 9.61 Å². The van der Waals surface area contributed by atoms with E-state index in [0.29, 0.717) is 5.88 Å². The predicted molar refractivity (Wildman–Crippen MR) is 79.9 cm³/mol. The fourth-order valence-corrected chi connectivity index (χ4v) is 2.67. The Kier molecular flexibility index (Phi) is 4.30. The van der Waals surface area contributed by atoms with Crippen LogP contribution in [0.1, 0.15) is 32.3 Å².